The molecular formula is C51H94O6. The first-order valence-electron chi connectivity index (χ1n) is 24.3. The lowest BCUT2D eigenvalue weighted by atomic mass is 10.0. The summed E-state index contributed by atoms with van der Waals surface area (Å²) in [5.41, 5.74) is -0.512. The minimum Gasteiger partial charge on any atom is -0.393 e. The molecular weight excluding hydrogens is 709 g/mol. The Morgan fingerprint density at radius 1 is 0.491 bits per heavy atom. The van der Waals surface area contributed by atoms with Crippen LogP contribution in [-0.2, 0) is 18.9 Å². The Balaban J connectivity index is 0.000000570. The highest BCUT2D eigenvalue weighted by atomic mass is 16.7. The molecule has 2 fully saturated rings. The van der Waals surface area contributed by atoms with E-state index < -0.39 is 5.60 Å². The second-order valence-electron chi connectivity index (χ2n) is 17.4. The summed E-state index contributed by atoms with van der Waals surface area (Å²) in [6.45, 7) is 9.06. The van der Waals surface area contributed by atoms with Crippen LogP contribution in [0.1, 0.15) is 226 Å². The molecule has 0 amide bonds. The first-order valence-corrected chi connectivity index (χ1v) is 24.3. The number of aliphatic hydroxyl groups excluding tert-OH is 1. The average molecular weight is 803 g/mol. The molecule has 2 aliphatic rings. The molecule has 3 atom stereocenters. The van der Waals surface area contributed by atoms with Gasteiger partial charge in [0.1, 0.15) is 0 Å². The first kappa shape index (κ1) is 53.7. The summed E-state index contributed by atoms with van der Waals surface area (Å²) in [6.07, 6.45) is 57.2. The quantitative estimate of drug-likeness (QED) is 0.0485. The van der Waals surface area contributed by atoms with Crippen molar-refractivity contribution in [2.45, 2.75) is 251 Å². The van der Waals surface area contributed by atoms with Crippen LogP contribution in [0.15, 0.2) is 48.6 Å². The monoisotopic (exact) mass is 803 g/mol. The summed E-state index contributed by atoms with van der Waals surface area (Å²) >= 11 is 0. The molecule has 3 unspecified atom stereocenters. The molecule has 0 radical (unpaired) electrons. The van der Waals surface area contributed by atoms with Gasteiger partial charge in [-0.2, -0.15) is 0 Å². The van der Waals surface area contributed by atoms with E-state index >= 15 is 0 Å². The lowest BCUT2D eigenvalue weighted by Gasteiger charge is -2.22. The third-order valence-electron chi connectivity index (χ3n) is 10.7. The molecule has 0 aromatic carbocycles. The second-order valence-corrected chi connectivity index (χ2v) is 17.4. The number of rotatable bonds is 36. The highest BCUT2D eigenvalue weighted by Crippen LogP contribution is 2.17. The van der Waals surface area contributed by atoms with E-state index in [1.807, 2.05) is 20.8 Å². The van der Waals surface area contributed by atoms with E-state index in [4.69, 9.17) is 18.9 Å². The molecule has 0 bridgehead atoms. The standard InChI is InChI=1S/C26H48O3.C25H46O3/c1-26(2,27)22-18-15-13-11-9-7-5-3-4-6-8-10-12-14-16-19-23-28-25-21-17-20-24-29-25;1-24(26)20-16-14-12-10-8-6-4-2-3-5-7-9-11-13-15-18-22-27-25-21-17-19-23-28-25/h10-13,25,27H,3-9,14-24H2,1-2H3;9-12,24-26H,2-8,13-23H2,1H3/b12-10-,13-11-;11-9-,12-10-. The predicted octanol–water partition coefficient (Wildman–Crippen LogP) is 14.6. The maximum atomic E-state index is 9.66. The summed E-state index contributed by atoms with van der Waals surface area (Å²) in [4.78, 5) is 0. The van der Waals surface area contributed by atoms with Crippen molar-refractivity contribution >= 4 is 0 Å². The van der Waals surface area contributed by atoms with Gasteiger partial charge in [-0.25, -0.2) is 0 Å². The van der Waals surface area contributed by atoms with Gasteiger partial charge < -0.3 is 29.2 Å². The minimum absolute atomic E-state index is 0.0693. The van der Waals surface area contributed by atoms with Crippen molar-refractivity contribution in [3.8, 4) is 0 Å². The maximum Gasteiger partial charge on any atom is 0.157 e. The molecule has 2 saturated heterocycles. The van der Waals surface area contributed by atoms with E-state index in [0.29, 0.717) is 0 Å². The molecule has 2 heterocycles. The fraction of sp³-hybridized carbons (Fsp3) is 0.843. The molecule has 334 valence electrons. The fourth-order valence-corrected chi connectivity index (χ4v) is 7.08. The average Bonchev–Trinajstić information content (AvgIpc) is 3.20. The number of unbranched alkanes of at least 4 members (excludes halogenated alkanes) is 18. The van der Waals surface area contributed by atoms with Crippen LogP contribution < -0.4 is 0 Å². The van der Waals surface area contributed by atoms with Crippen LogP contribution in [0, 0.1) is 0 Å². The van der Waals surface area contributed by atoms with Crippen LogP contribution in [0.5, 0.6) is 0 Å². The van der Waals surface area contributed by atoms with Crippen molar-refractivity contribution in [2.75, 3.05) is 26.4 Å². The summed E-state index contributed by atoms with van der Waals surface area (Å²) in [5.74, 6) is 0. The largest absolute Gasteiger partial charge is 0.393 e. The van der Waals surface area contributed by atoms with Gasteiger partial charge in [-0.15, -0.1) is 0 Å². The van der Waals surface area contributed by atoms with Crippen LogP contribution in [0.2, 0.25) is 0 Å². The zero-order valence-corrected chi connectivity index (χ0v) is 37.8. The van der Waals surface area contributed by atoms with Gasteiger partial charge in [0.2, 0.25) is 0 Å². The van der Waals surface area contributed by atoms with Gasteiger partial charge >= 0.3 is 0 Å². The lowest BCUT2D eigenvalue weighted by molar-refractivity contribution is -0.163. The Bertz CT molecular complexity index is 922. The Hall–Kier alpha value is -1.28. The molecule has 0 aliphatic carbocycles. The van der Waals surface area contributed by atoms with Crippen molar-refractivity contribution in [1.82, 2.24) is 0 Å². The molecule has 0 spiro atoms. The molecule has 6 heteroatoms. The summed E-state index contributed by atoms with van der Waals surface area (Å²) < 4.78 is 22.7. The van der Waals surface area contributed by atoms with Crippen LogP contribution in [-0.4, -0.2) is 60.9 Å². The molecule has 6 nitrogen and oxygen atoms in total. The zero-order chi connectivity index (χ0) is 41.2. The van der Waals surface area contributed by atoms with Crippen LogP contribution in [0.4, 0.5) is 0 Å². The number of hydrogen-bond donors (Lipinski definition) is 2. The predicted molar refractivity (Wildman–Crippen MR) is 244 cm³/mol. The van der Waals surface area contributed by atoms with Crippen LogP contribution in [0.25, 0.3) is 0 Å². The van der Waals surface area contributed by atoms with Crippen molar-refractivity contribution in [3.63, 3.8) is 0 Å². The zero-order valence-electron chi connectivity index (χ0n) is 37.8. The number of hydrogen-bond acceptors (Lipinski definition) is 6. The van der Waals surface area contributed by atoms with E-state index in [0.717, 1.165) is 90.6 Å². The Morgan fingerprint density at radius 2 is 0.825 bits per heavy atom. The summed E-state index contributed by atoms with van der Waals surface area (Å²) in [7, 11) is 0. The van der Waals surface area contributed by atoms with Gasteiger partial charge in [0.25, 0.3) is 0 Å². The van der Waals surface area contributed by atoms with Gasteiger partial charge in [0, 0.05) is 26.4 Å². The molecule has 0 aromatic heterocycles. The molecule has 0 aromatic rings. The summed E-state index contributed by atoms with van der Waals surface area (Å²) in [6, 6.07) is 0. The number of aliphatic hydroxyl groups is 2. The third-order valence-corrected chi connectivity index (χ3v) is 10.7. The molecule has 0 saturated carbocycles. The SMILES string of the molecule is CC(C)(O)CCC/C=C\CCCCCCC/C=C\CCCCOC1CCCCO1.CC(O)CCC/C=C\CCCCCCC/C=C\CCCCOC1CCCCO1. The topological polar surface area (TPSA) is 77.4 Å². The van der Waals surface area contributed by atoms with Crippen molar-refractivity contribution in [2.24, 2.45) is 0 Å². The fourth-order valence-electron chi connectivity index (χ4n) is 7.08. The lowest BCUT2D eigenvalue weighted by Crippen LogP contribution is -2.22. The van der Waals surface area contributed by atoms with E-state index in [1.165, 1.54) is 141 Å². The van der Waals surface area contributed by atoms with Crippen LogP contribution in [0.3, 0.4) is 0 Å². The molecule has 2 aliphatic heterocycles. The Labute approximate surface area is 353 Å². The second kappa shape index (κ2) is 41.5. The Kier molecular flexibility index (Phi) is 39.1. The van der Waals surface area contributed by atoms with Gasteiger partial charge in [-0.3, -0.25) is 0 Å². The molecule has 2 rings (SSSR count). The van der Waals surface area contributed by atoms with E-state index in [-0.39, 0.29) is 18.7 Å². The van der Waals surface area contributed by atoms with Gasteiger partial charge in [0.15, 0.2) is 12.6 Å². The van der Waals surface area contributed by atoms with Gasteiger partial charge in [-0.05, 0) is 188 Å². The normalized spacial score (nSPS) is 18.6. The van der Waals surface area contributed by atoms with Crippen molar-refractivity contribution in [1.29, 1.82) is 0 Å². The Morgan fingerprint density at radius 3 is 1.16 bits per heavy atom. The summed E-state index contributed by atoms with van der Waals surface area (Å²) in [5, 5.41) is 18.8. The highest BCUT2D eigenvalue weighted by molar-refractivity contribution is 4.84. The van der Waals surface area contributed by atoms with Gasteiger partial charge in [0.05, 0.1) is 11.7 Å². The van der Waals surface area contributed by atoms with E-state index in [1.54, 1.807) is 0 Å². The van der Waals surface area contributed by atoms with Crippen molar-refractivity contribution in [3.05, 3.63) is 48.6 Å². The van der Waals surface area contributed by atoms with E-state index in [9.17, 15) is 10.2 Å². The highest BCUT2D eigenvalue weighted by Gasteiger charge is 2.14. The number of ether oxygens (including phenoxy) is 4. The number of allylic oxidation sites excluding steroid dienone is 8. The first-order chi connectivity index (χ1) is 27.9. The minimum atomic E-state index is -0.512. The maximum absolute atomic E-state index is 9.66. The molecule has 2 N–H and O–H groups in total. The smallest absolute Gasteiger partial charge is 0.157 e. The van der Waals surface area contributed by atoms with Gasteiger partial charge in [-0.1, -0.05) is 87.1 Å². The third kappa shape index (κ3) is 42.6. The van der Waals surface area contributed by atoms with Crippen LogP contribution >= 0.6 is 0 Å². The molecule has 57 heavy (non-hydrogen) atoms. The van der Waals surface area contributed by atoms with Crippen molar-refractivity contribution < 1.29 is 29.2 Å². The van der Waals surface area contributed by atoms with E-state index in [2.05, 4.69) is 48.6 Å².